The third-order valence-electron chi connectivity index (χ3n) is 4.38. The van der Waals surface area contributed by atoms with Crippen LogP contribution in [-0.4, -0.2) is 55.3 Å². The lowest BCUT2D eigenvalue weighted by molar-refractivity contribution is -0.115. The van der Waals surface area contributed by atoms with Gasteiger partial charge in [-0.05, 0) is 44.6 Å². The Labute approximate surface area is 134 Å². The average Bonchev–Trinajstić information content (AvgIpc) is 2.88. The van der Waals surface area contributed by atoms with Crippen molar-refractivity contribution in [2.45, 2.75) is 18.9 Å². The molecule has 2 aliphatic rings. The molecule has 0 spiro atoms. The van der Waals surface area contributed by atoms with Gasteiger partial charge >= 0.3 is 0 Å². The summed E-state index contributed by atoms with van der Waals surface area (Å²) < 4.78 is 0. The molecule has 0 radical (unpaired) electrons. The van der Waals surface area contributed by atoms with E-state index in [1.165, 1.54) is 0 Å². The number of amides is 3. The minimum Gasteiger partial charge on any atom is -0.350 e. The number of carbonyl (C=O) groups is 3. The zero-order chi connectivity index (χ0) is 16.4. The van der Waals surface area contributed by atoms with Gasteiger partial charge in [-0.25, -0.2) is 0 Å². The number of nitrogens with one attached hydrogen (secondary N) is 3. The average molecular weight is 316 g/mol. The lowest BCUT2D eigenvalue weighted by Gasteiger charge is -2.19. The van der Waals surface area contributed by atoms with Gasteiger partial charge in [-0.2, -0.15) is 0 Å². The molecular weight excluding hydrogens is 296 g/mol. The van der Waals surface area contributed by atoms with Crippen molar-refractivity contribution in [3.8, 4) is 0 Å². The fraction of sp³-hybridized carbons (Fsp3) is 0.438. The molecule has 2 aliphatic heterocycles. The predicted molar refractivity (Wildman–Crippen MR) is 85.4 cm³/mol. The standard InChI is InChI=1S/C16H20N4O3/c1-20-6-2-3-11(20)8-17-15(22)10-4-5-12-13(7-10)19-14(21)9-18-16(12)23/h4-5,7,11H,2-3,6,8-9H2,1H3,(H,17,22)(H,18,23)(H,19,21)/t11-/m1/s1. The van der Waals surface area contributed by atoms with Gasteiger partial charge < -0.3 is 20.9 Å². The van der Waals surface area contributed by atoms with E-state index in [9.17, 15) is 14.4 Å². The Morgan fingerprint density at radius 2 is 2.22 bits per heavy atom. The number of likely N-dealkylation sites (tertiary alicyclic amines) is 1. The molecule has 1 aromatic carbocycles. The van der Waals surface area contributed by atoms with Crippen molar-refractivity contribution in [2.75, 3.05) is 32.0 Å². The van der Waals surface area contributed by atoms with Gasteiger partial charge in [-0.1, -0.05) is 0 Å². The zero-order valence-electron chi connectivity index (χ0n) is 13.0. The van der Waals surface area contributed by atoms with E-state index in [4.69, 9.17) is 0 Å². The molecule has 0 unspecified atom stereocenters. The number of hydrogen-bond acceptors (Lipinski definition) is 4. The first-order chi connectivity index (χ1) is 11.0. The van der Waals surface area contributed by atoms with Gasteiger partial charge in [-0.15, -0.1) is 0 Å². The maximum Gasteiger partial charge on any atom is 0.253 e. The molecule has 1 saturated heterocycles. The van der Waals surface area contributed by atoms with Crippen LogP contribution in [0.4, 0.5) is 5.69 Å². The van der Waals surface area contributed by atoms with Crippen LogP contribution in [0.1, 0.15) is 33.6 Å². The molecule has 1 atom stereocenters. The summed E-state index contributed by atoms with van der Waals surface area (Å²) in [6, 6.07) is 5.08. The van der Waals surface area contributed by atoms with Crippen LogP contribution in [0.3, 0.4) is 0 Å². The molecule has 7 heteroatoms. The van der Waals surface area contributed by atoms with Crippen molar-refractivity contribution in [1.82, 2.24) is 15.5 Å². The maximum absolute atomic E-state index is 12.3. The molecule has 7 nitrogen and oxygen atoms in total. The number of anilines is 1. The first kappa shape index (κ1) is 15.5. The molecule has 3 amide bonds. The van der Waals surface area contributed by atoms with Crippen molar-refractivity contribution >= 4 is 23.4 Å². The maximum atomic E-state index is 12.3. The number of rotatable bonds is 3. The molecule has 122 valence electrons. The highest BCUT2D eigenvalue weighted by Crippen LogP contribution is 2.20. The van der Waals surface area contributed by atoms with Crippen LogP contribution in [0, 0.1) is 0 Å². The van der Waals surface area contributed by atoms with Crippen molar-refractivity contribution in [1.29, 1.82) is 0 Å². The molecule has 2 heterocycles. The van der Waals surface area contributed by atoms with E-state index in [1.807, 2.05) is 0 Å². The first-order valence-electron chi connectivity index (χ1n) is 7.75. The Bertz CT molecular complexity index is 659. The summed E-state index contributed by atoms with van der Waals surface area (Å²) in [5, 5.41) is 8.07. The zero-order valence-corrected chi connectivity index (χ0v) is 13.0. The van der Waals surface area contributed by atoms with Gasteiger partial charge in [0.15, 0.2) is 0 Å². The van der Waals surface area contributed by atoms with E-state index in [0.717, 1.165) is 19.4 Å². The highest BCUT2D eigenvalue weighted by atomic mass is 16.2. The number of likely N-dealkylation sites (N-methyl/N-ethyl adjacent to an activating group) is 1. The van der Waals surface area contributed by atoms with E-state index in [1.54, 1.807) is 18.2 Å². The van der Waals surface area contributed by atoms with Crippen molar-refractivity contribution in [3.63, 3.8) is 0 Å². The summed E-state index contributed by atoms with van der Waals surface area (Å²) in [5.41, 5.74) is 1.16. The predicted octanol–water partition coefficient (Wildman–Crippen LogP) is 0.193. The summed E-state index contributed by atoms with van der Waals surface area (Å²) in [7, 11) is 2.06. The fourth-order valence-corrected chi connectivity index (χ4v) is 2.99. The van der Waals surface area contributed by atoms with Crippen molar-refractivity contribution in [2.24, 2.45) is 0 Å². The Hall–Kier alpha value is -2.41. The largest absolute Gasteiger partial charge is 0.350 e. The summed E-state index contributed by atoms with van der Waals surface area (Å²) in [6.07, 6.45) is 2.23. The normalized spacial score (nSPS) is 21.2. The molecule has 3 N–H and O–H groups in total. The molecule has 1 fully saturated rings. The van der Waals surface area contributed by atoms with Gasteiger partial charge in [0, 0.05) is 18.2 Å². The van der Waals surface area contributed by atoms with Crippen molar-refractivity contribution in [3.05, 3.63) is 29.3 Å². The lowest BCUT2D eigenvalue weighted by Crippen LogP contribution is -2.38. The van der Waals surface area contributed by atoms with Gasteiger partial charge in [0.05, 0.1) is 17.8 Å². The van der Waals surface area contributed by atoms with Gasteiger partial charge in [0.1, 0.15) is 0 Å². The SMILES string of the molecule is CN1CCC[C@@H]1CNC(=O)c1ccc2c(c1)NC(=O)CNC2=O. The third kappa shape index (κ3) is 3.34. The smallest absolute Gasteiger partial charge is 0.253 e. The topological polar surface area (TPSA) is 90.5 Å². The second-order valence-corrected chi connectivity index (χ2v) is 5.98. The second kappa shape index (κ2) is 6.37. The summed E-state index contributed by atoms with van der Waals surface area (Å²) in [6.45, 7) is 1.59. The first-order valence-corrected chi connectivity index (χ1v) is 7.75. The van der Waals surface area contributed by atoms with E-state index < -0.39 is 0 Å². The molecule has 0 bridgehead atoms. The highest BCUT2D eigenvalue weighted by Gasteiger charge is 2.23. The van der Waals surface area contributed by atoms with Crippen LogP contribution in [0.5, 0.6) is 0 Å². The Kier molecular flexibility index (Phi) is 4.29. The van der Waals surface area contributed by atoms with Crippen LogP contribution >= 0.6 is 0 Å². The number of nitrogens with zero attached hydrogens (tertiary/aromatic N) is 1. The van der Waals surface area contributed by atoms with E-state index >= 15 is 0 Å². The van der Waals surface area contributed by atoms with Crippen molar-refractivity contribution < 1.29 is 14.4 Å². The highest BCUT2D eigenvalue weighted by molar-refractivity contribution is 6.09. The monoisotopic (exact) mass is 316 g/mol. The van der Waals surface area contributed by atoms with E-state index in [0.29, 0.717) is 29.4 Å². The number of fused-ring (bicyclic) bond motifs is 1. The fourth-order valence-electron chi connectivity index (χ4n) is 2.99. The van der Waals surface area contributed by atoms with Gasteiger partial charge in [0.2, 0.25) is 5.91 Å². The summed E-state index contributed by atoms with van der Waals surface area (Å²) in [5.74, 6) is -0.827. The van der Waals surface area contributed by atoms with Gasteiger partial charge in [0.25, 0.3) is 11.8 Å². The van der Waals surface area contributed by atoms with Crippen LogP contribution in [-0.2, 0) is 4.79 Å². The molecular formula is C16H20N4O3. The third-order valence-corrected chi connectivity index (χ3v) is 4.38. The lowest BCUT2D eigenvalue weighted by atomic mass is 10.1. The number of benzene rings is 1. The molecule has 3 rings (SSSR count). The Morgan fingerprint density at radius 3 is 2.96 bits per heavy atom. The quantitative estimate of drug-likeness (QED) is 0.743. The van der Waals surface area contributed by atoms with Crippen LogP contribution in [0.2, 0.25) is 0 Å². The summed E-state index contributed by atoms with van der Waals surface area (Å²) >= 11 is 0. The molecule has 0 aromatic heterocycles. The van der Waals surface area contributed by atoms with Crippen LogP contribution in [0.25, 0.3) is 0 Å². The molecule has 1 aromatic rings. The molecule has 0 saturated carbocycles. The number of hydrogen-bond donors (Lipinski definition) is 3. The van der Waals surface area contributed by atoms with E-state index in [2.05, 4.69) is 27.9 Å². The van der Waals surface area contributed by atoms with E-state index in [-0.39, 0.29) is 24.3 Å². The molecule has 0 aliphatic carbocycles. The molecule has 23 heavy (non-hydrogen) atoms. The van der Waals surface area contributed by atoms with Crippen LogP contribution < -0.4 is 16.0 Å². The Balaban J connectivity index is 1.71. The summed E-state index contributed by atoms with van der Waals surface area (Å²) in [4.78, 5) is 38.0. The Morgan fingerprint density at radius 1 is 1.39 bits per heavy atom. The number of carbonyl (C=O) groups excluding carboxylic acids is 3. The minimum absolute atomic E-state index is 0.0664. The second-order valence-electron chi connectivity index (χ2n) is 5.98. The van der Waals surface area contributed by atoms with Crippen LogP contribution in [0.15, 0.2) is 18.2 Å². The van der Waals surface area contributed by atoms with Gasteiger partial charge in [-0.3, -0.25) is 14.4 Å². The minimum atomic E-state index is -0.321.